The monoisotopic (exact) mass is 579 g/mol. The predicted molar refractivity (Wildman–Crippen MR) is 180 cm³/mol. The summed E-state index contributed by atoms with van der Waals surface area (Å²) < 4.78 is 2.12. The van der Waals surface area contributed by atoms with E-state index in [9.17, 15) is 9.59 Å². The summed E-state index contributed by atoms with van der Waals surface area (Å²) >= 11 is 0. The minimum Gasteiger partial charge on any atom is -0.308 e. The number of imide groups is 1. The predicted octanol–water partition coefficient (Wildman–Crippen LogP) is 9.78. The molecule has 1 aliphatic rings. The van der Waals surface area contributed by atoms with Crippen LogP contribution in [0, 0.1) is 13.5 Å². The van der Waals surface area contributed by atoms with E-state index in [1.54, 1.807) is 6.07 Å². The topological polar surface area (TPSA) is 46.7 Å². The first kappa shape index (κ1) is 26.4. The zero-order valence-electron chi connectivity index (χ0n) is 24.4. The maximum atomic E-state index is 14.5. The Kier molecular flexibility index (Phi) is 5.97. The van der Waals surface area contributed by atoms with Gasteiger partial charge >= 0.3 is 0 Å². The van der Waals surface area contributed by atoms with Crippen LogP contribution in [0.15, 0.2) is 133 Å². The number of amides is 2. The average Bonchev–Trinajstić information content (AvgIpc) is 3.56. The number of benzene rings is 6. The Hall–Kier alpha value is -6.25. The largest absolute Gasteiger partial charge is 0.308 e. The van der Waals surface area contributed by atoms with Gasteiger partial charge in [-0.25, -0.2) is 9.74 Å². The summed E-state index contributed by atoms with van der Waals surface area (Å²) in [6, 6.07) is 43.0. The normalized spacial score (nSPS) is 12.6. The first-order valence-electron chi connectivity index (χ1n) is 14.7. The molecule has 7 aromatic rings. The highest BCUT2D eigenvalue weighted by molar-refractivity contribution is 6.36. The zero-order chi connectivity index (χ0) is 30.7. The van der Waals surface area contributed by atoms with Crippen LogP contribution in [0.3, 0.4) is 0 Å². The third-order valence-corrected chi connectivity index (χ3v) is 8.69. The van der Waals surface area contributed by atoms with Crippen LogP contribution in [0.1, 0.15) is 26.3 Å². The Morgan fingerprint density at radius 2 is 1.24 bits per heavy atom. The zero-order valence-corrected chi connectivity index (χ0v) is 24.4. The fourth-order valence-corrected chi connectivity index (χ4v) is 6.71. The Bertz CT molecular complexity index is 2400. The standard InChI is InChI=1S/C40H25N3O2/c1-25-24-27(41-2)22-23-28(25)31-16-10-17-32-30-15-7-9-20-35(30)42(38(31)32)36-21-11-18-33-37(36)40(45)43(39(33)44)34-19-8-6-14-29(34)26-12-4-3-5-13-26/h3-24H,1H3. The molecule has 2 heterocycles. The number of para-hydroxylation sites is 3. The van der Waals surface area contributed by atoms with Gasteiger partial charge in [0.15, 0.2) is 5.69 Å². The lowest BCUT2D eigenvalue weighted by molar-refractivity contribution is 0.0926. The fraction of sp³-hybridized carbons (Fsp3) is 0.0250. The number of carbonyl (C=O) groups is 2. The van der Waals surface area contributed by atoms with Crippen LogP contribution in [-0.4, -0.2) is 16.4 Å². The van der Waals surface area contributed by atoms with Gasteiger partial charge in [-0.1, -0.05) is 115 Å². The molecule has 5 nitrogen and oxygen atoms in total. The van der Waals surface area contributed by atoms with Crippen LogP contribution in [0.2, 0.25) is 0 Å². The summed E-state index contributed by atoms with van der Waals surface area (Å²) in [5.74, 6) is -0.693. The van der Waals surface area contributed by atoms with Gasteiger partial charge in [0.2, 0.25) is 0 Å². The number of anilines is 1. The van der Waals surface area contributed by atoms with Gasteiger partial charge in [-0.05, 0) is 42.3 Å². The third-order valence-electron chi connectivity index (χ3n) is 8.69. The van der Waals surface area contributed by atoms with Crippen molar-refractivity contribution in [3.63, 3.8) is 0 Å². The van der Waals surface area contributed by atoms with Crippen molar-refractivity contribution in [1.82, 2.24) is 4.57 Å². The highest BCUT2D eigenvalue weighted by Gasteiger charge is 2.40. The molecule has 8 rings (SSSR count). The number of carbonyl (C=O) groups excluding carboxylic acids is 2. The summed E-state index contributed by atoms with van der Waals surface area (Å²) in [5.41, 5.74) is 9.14. The molecule has 5 heteroatoms. The number of aryl methyl sites for hydroxylation is 1. The highest BCUT2D eigenvalue weighted by atomic mass is 16.2. The summed E-state index contributed by atoms with van der Waals surface area (Å²) in [6.07, 6.45) is 0. The van der Waals surface area contributed by atoms with Crippen molar-refractivity contribution in [3.8, 4) is 27.9 Å². The van der Waals surface area contributed by atoms with Gasteiger partial charge < -0.3 is 4.57 Å². The number of aromatic nitrogens is 1. The molecule has 0 unspecified atom stereocenters. The molecule has 1 aromatic heterocycles. The lowest BCUT2D eigenvalue weighted by Crippen LogP contribution is -2.30. The molecule has 2 amide bonds. The van der Waals surface area contributed by atoms with Crippen LogP contribution >= 0.6 is 0 Å². The Morgan fingerprint density at radius 1 is 0.578 bits per heavy atom. The summed E-state index contributed by atoms with van der Waals surface area (Å²) in [5, 5.41) is 2.09. The molecular formula is C40H25N3O2. The minimum absolute atomic E-state index is 0.341. The number of rotatable bonds is 4. The van der Waals surface area contributed by atoms with Crippen molar-refractivity contribution in [2.75, 3.05) is 4.90 Å². The maximum absolute atomic E-state index is 14.5. The molecule has 0 bridgehead atoms. The van der Waals surface area contributed by atoms with Gasteiger partial charge in [-0.3, -0.25) is 9.59 Å². The molecule has 6 aromatic carbocycles. The molecule has 0 saturated carbocycles. The van der Waals surface area contributed by atoms with E-state index >= 15 is 0 Å². The second-order valence-electron chi connectivity index (χ2n) is 11.2. The van der Waals surface area contributed by atoms with Crippen LogP contribution in [0.4, 0.5) is 11.4 Å². The van der Waals surface area contributed by atoms with Crippen molar-refractivity contribution >= 4 is 45.0 Å². The SMILES string of the molecule is [C-]#[N+]c1ccc(-c2cccc3c4ccccc4n(-c4cccc5c4C(=O)N(c4ccccc4-c4ccccc4)C5=O)c23)c(C)c1. The molecule has 0 aliphatic carbocycles. The number of nitrogens with zero attached hydrogens (tertiary/aromatic N) is 3. The van der Waals surface area contributed by atoms with Gasteiger partial charge in [0.05, 0.1) is 40.1 Å². The highest BCUT2D eigenvalue weighted by Crippen LogP contribution is 2.43. The van der Waals surface area contributed by atoms with Crippen molar-refractivity contribution in [2.24, 2.45) is 0 Å². The molecule has 1 aliphatic heterocycles. The van der Waals surface area contributed by atoms with E-state index in [0.717, 1.165) is 49.6 Å². The number of hydrogen-bond donors (Lipinski definition) is 0. The van der Waals surface area contributed by atoms with Crippen molar-refractivity contribution < 1.29 is 9.59 Å². The van der Waals surface area contributed by atoms with E-state index in [1.807, 2.05) is 110 Å². The number of fused-ring (bicyclic) bond motifs is 4. The Labute approximate surface area is 260 Å². The van der Waals surface area contributed by atoms with E-state index in [1.165, 1.54) is 4.90 Å². The van der Waals surface area contributed by atoms with Gasteiger partial charge in [0, 0.05) is 21.9 Å². The lowest BCUT2D eigenvalue weighted by atomic mass is 9.97. The molecule has 0 radical (unpaired) electrons. The quantitative estimate of drug-likeness (QED) is 0.154. The van der Waals surface area contributed by atoms with E-state index < -0.39 is 0 Å². The van der Waals surface area contributed by atoms with Gasteiger partial charge in [-0.15, -0.1) is 0 Å². The van der Waals surface area contributed by atoms with Crippen LogP contribution in [0.5, 0.6) is 0 Å². The van der Waals surface area contributed by atoms with E-state index in [2.05, 4.69) is 33.7 Å². The molecule has 0 fully saturated rings. The fourth-order valence-electron chi connectivity index (χ4n) is 6.71. The molecule has 212 valence electrons. The number of hydrogen-bond acceptors (Lipinski definition) is 2. The molecule has 0 N–H and O–H groups in total. The van der Waals surface area contributed by atoms with E-state index in [4.69, 9.17) is 6.57 Å². The first-order valence-corrected chi connectivity index (χ1v) is 14.7. The van der Waals surface area contributed by atoms with Gasteiger partial charge in [0.25, 0.3) is 11.8 Å². The molecule has 0 spiro atoms. The van der Waals surface area contributed by atoms with Crippen molar-refractivity contribution in [1.29, 1.82) is 0 Å². The lowest BCUT2D eigenvalue weighted by Gasteiger charge is -2.19. The maximum Gasteiger partial charge on any atom is 0.268 e. The second-order valence-corrected chi connectivity index (χ2v) is 11.2. The van der Waals surface area contributed by atoms with Gasteiger partial charge in [-0.2, -0.15) is 0 Å². The second kappa shape index (κ2) is 10.2. The first-order chi connectivity index (χ1) is 22.1. The third kappa shape index (κ3) is 3.93. The van der Waals surface area contributed by atoms with Crippen LogP contribution in [-0.2, 0) is 0 Å². The summed E-state index contributed by atoms with van der Waals surface area (Å²) in [7, 11) is 0. The minimum atomic E-state index is -0.352. The van der Waals surface area contributed by atoms with Crippen molar-refractivity contribution in [2.45, 2.75) is 6.92 Å². The van der Waals surface area contributed by atoms with Crippen LogP contribution in [0.25, 0.3) is 54.6 Å². The van der Waals surface area contributed by atoms with Crippen LogP contribution < -0.4 is 4.90 Å². The van der Waals surface area contributed by atoms with E-state index in [-0.39, 0.29) is 11.8 Å². The van der Waals surface area contributed by atoms with Gasteiger partial charge in [0.1, 0.15) is 0 Å². The Balaban J connectivity index is 1.39. The van der Waals surface area contributed by atoms with E-state index in [0.29, 0.717) is 28.2 Å². The average molecular weight is 580 g/mol. The summed E-state index contributed by atoms with van der Waals surface area (Å²) in [6.45, 7) is 9.48. The van der Waals surface area contributed by atoms with Crippen molar-refractivity contribution in [3.05, 3.63) is 162 Å². The Morgan fingerprint density at radius 3 is 2.07 bits per heavy atom. The molecule has 0 saturated heterocycles. The molecule has 0 atom stereocenters. The smallest absolute Gasteiger partial charge is 0.268 e. The molecule has 45 heavy (non-hydrogen) atoms. The molecular weight excluding hydrogens is 554 g/mol. The summed E-state index contributed by atoms with van der Waals surface area (Å²) in [4.78, 5) is 33.6.